The van der Waals surface area contributed by atoms with Gasteiger partial charge in [-0.3, -0.25) is 9.78 Å². The number of nitrogens with two attached hydrogens (primary N) is 1. The van der Waals surface area contributed by atoms with Gasteiger partial charge in [0.2, 0.25) is 0 Å². The van der Waals surface area contributed by atoms with Crippen LogP contribution in [0.3, 0.4) is 0 Å². The minimum atomic E-state index is -4.13. The van der Waals surface area contributed by atoms with Crippen molar-refractivity contribution in [1.82, 2.24) is 14.7 Å². The fourth-order valence-electron chi connectivity index (χ4n) is 3.40. The summed E-state index contributed by atoms with van der Waals surface area (Å²) in [5.41, 5.74) is 7.25. The maximum Gasteiger partial charge on any atom is 0.281 e. The van der Waals surface area contributed by atoms with Gasteiger partial charge in [-0.15, -0.1) is 0 Å². The molecule has 1 fully saturated rings. The van der Waals surface area contributed by atoms with Crippen LogP contribution in [0.1, 0.15) is 74.1 Å². The molecule has 150 valence electrons. The monoisotopic (exact) mass is 402 g/mol. The van der Waals surface area contributed by atoms with Gasteiger partial charge < -0.3 is 5.73 Å². The number of hydrogen-bond donors (Lipinski definition) is 2. The Kier molecular flexibility index (Phi) is 5.43. The van der Waals surface area contributed by atoms with Crippen molar-refractivity contribution in [3.63, 3.8) is 0 Å². The van der Waals surface area contributed by atoms with Crippen molar-refractivity contribution in [3.05, 3.63) is 47.3 Å². The zero-order valence-corrected chi connectivity index (χ0v) is 17.2. The number of hydrogen-bond acceptors (Lipinski definition) is 6. The minimum absolute atomic E-state index is 0.0677. The van der Waals surface area contributed by atoms with Gasteiger partial charge in [0.25, 0.3) is 15.9 Å². The third kappa shape index (κ3) is 4.32. The fraction of sp³-hybridized carbons (Fsp3) is 0.450. The van der Waals surface area contributed by atoms with Crippen LogP contribution in [-0.2, 0) is 15.4 Å². The largest absolute Gasteiger partial charge is 0.384 e. The van der Waals surface area contributed by atoms with Crippen LogP contribution in [0.15, 0.2) is 35.4 Å². The zero-order chi connectivity index (χ0) is 20.5. The second-order valence-corrected chi connectivity index (χ2v) is 9.83. The fourth-order valence-corrected chi connectivity index (χ4v) is 4.35. The van der Waals surface area contributed by atoms with Crippen molar-refractivity contribution < 1.29 is 13.2 Å². The summed E-state index contributed by atoms with van der Waals surface area (Å²) in [6, 6.07) is 7.72. The number of rotatable bonds is 4. The highest BCUT2D eigenvalue weighted by Gasteiger charge is 2.29. The topological polar surface area (TPSA) is 115 Å². The van der Waals surface area contributed by atoms with Gasteiger partial charge in [0, 0.05) is 17.0 Å². The highest BCUT2D eigenvalue weighted by molar-refractivity contribution is 7.90. The van der Waals surface area contributed by atoms with Crippen molar-refractivity contribution in [1.29, 1.82) is 0 Å². The smallest absolute Gasteiger partial charge is 0.281 e. The lowest BCUT2D eigenvalue weighted by atomic mass is 9.89. The van der Waals surface area contributed by atoms with Crippen LogP contribution in [0.25, 0.3) is 0 Å². The summed E-state index contributed by atoms with van der Waals surface area (Å²) in [7, 11) is -4.13. The minimum Gasteiger partial charge on any atom is -0.384 e. The Morgan fingerprint density at radius 3 is 2.39 bits per heavy atom. The van der Waals surface area contributed by atoms with Gasteiger partial charge in [-0.1, -0.05) is 39.7 Å². The average molecular weight is 403 g/mol. The number of sulfonamides is 1. The molecule has 8 heteroatoms. The summed E-state index contributed by atoms with van der Waals surface area (Å²) < 4.78 is 27.2. The van der Waals surface area contributed by atoms with Crippen molar-refractivity contribution in [2.75, 3.05) is 5.73 Å². The van der Waals surface area contributed by atoms with E-state index in [2.05, 4.69) is 30.5 Å². The molecule has 1 amide bonds. The van der Waals surface area contributed by atoms with E-state index in [0.717, 1.165) is 31.4 Å². The highest BCUT2D eigenvalue weighted by Crippen LogP contribution is 2.36. The summed E-state index contributed by atoms with van der Waals surface area (Å²) >= 11 is 0. The molecule has 0 bridgehead atoms. The highest BCUT2D eigenvalue weighted by atomic mass is 32.2. The molecule has 0 spiro atoms. The molecule has 2 aromatic heterocycles. The first-order valence-electron chi connectivity index (χ1n) is 9.39. The van der Waals surface area contributed by atoms with Gasteiger partial charge in [-0.05, 0) is 37.1 Å². The molecule has 2 heterocycles. The van der Waals surface area contributed by atoms with E-state index < -0.39 is 15.9 Å². The molecular weight excluding hydrogens is 376 g/mol. The van der Waals surface area contributed by atoms with E-state index in [-0.39, 0.29) is 22.2 Å². The summed E-state index contributed by atoms with van der Waals surface area (Å²) in [5.74, 6) is -0.464. The maximum atomic E-state index is 12.9. The molecule has 0 unspecified atom stereocenters. The van der Waals surface area contributed by atoms with Gasteiger partial charge in [0.15, 0.2) is 5.03 Å². The second-order valence-electron chi connectivity index (χ2n) is 8.20. The number of aromatic nitrogens is 2. The maximum absolute atomic E-state index is 12.9. The molecule has 2 aromatic rings. The first-order valence-corrected chi connectivity index (χ1v) is 10.9. The molecule has 0 aromatic carbocycles. The second kappa shape index (κ2) is 7.50. The molecule has 3 rings (SSSR count). The summed E-state index contributed by atoms with van der Waals surface area (Å²) in [4.78, 5) is 21.4. The predicted octanol–water partition coefficient (Wildman–Crippen LogP) is 3.13. The van der Waals surface area contributed by atoms with Crippen molar-refractivity contribution in [2.45, 2.75) is 62.8 Å². The first-order chi connectivity index (χ1) is 13.1. The van der Waals surface area contributed by atoms with E-state index in [1.54, 1.807) is 12.1 Å². The number of amides is 1. The Morgan fingerprint density at radius 2 is 1.79 bits per heavy atom. The molecule has 0 aliphatic heterocycles. The van der Waals surface area contributed by atoms with Crippen LogP contribution in [0.2, 0.25) is 0 Å². The summed E-state index contributed by atoms with van der Waals surface area (Å²) in [6.45, 7) is 6.18. The first kappa shape index (κ1) is 20.3. The van der Waals surface area contributed by atoms with Crippen molar-refractivity contribution in [3.8, 4) is 0 Å². The number of carbonyl (C=O) groups excluding carboxylic acids is 1. The Hall–Kier alpha value is -2.48. The number of nitrogen functional groups attached to an aromatic ring is 1. The van der Waals surface area contributed by atoms with Crippen molar-refractivity contribution in [2.24, 2.45) is 0 Å². The number of pyridine rings is 2. The standard InChI is InChI=1S/C20H26N4O3S/c1-20(2,3)15-12-11-14(18(22-15)13-7-4-5-8-13)19(25)24-28(26,27)17-10-6-9-16(21)23-17/h6,9-13H,4-5,7-8H2,1-3H3,(H2,21,23)(H,24,25). The Bertz CT molecular complexity index is 991. The van der Waals surface area contributed by atoms with Crippen LogP contribution in [0, 0.1) is 0 Å². The molecule has 1 aliphatic carbocycles. The van der Waals surface area contributed by atoms with Crippen LogP contribution in [0.5, 0.6) is 0 Å². The number of nitrogens with zero attached hydrogens (tertiary/aromatic N) is 2. The lowest BCUT2D eigenvalue weighted by Gasteiger charge is -2.22. The molecular formula is C20H26N4O3S. The Balaban J connectivity index is 1.96. The molecule has 0 radical (unpaired) electrons. The van der Waals surface area contributed by atoms with Gasteiger partial charge in [0.05, 0.1) is 11.3 Å². The SMILES string of the molecule is CC(C)(C)c1ccc(C(=O)NS(=O)(=O)c2cccc(N)n2)c(C2CCCC2)n1. The van der Waals surface area contributed by atoms with Crippen LogP contribution < -0.4 is 10.5 Å². The average Bonchev–Trinajstić information content (AvgIpc) is 3.14. The normalized spacial score (nSPS) is 15.5. The van der Waals surface area contributed by atoms with Crippen LogP contribution >= 0.6 is 0 Å². The molecule has 0 saturated heterocycles. The molecule has 1 saturated carbocycles. The van der Waals surface area contributed by atoms with E-state index in [9.17, 15) is 13.2 Å². The zero-order valence-electron chi connectivity index (χ0n) is 16.4. The van der Waals surface area contributed by atoms with Gasteiger partial charge in [0.1, 0.15) is 5.82 Å². The Morgan fingerprint density at radius 1 is 1.11 bits per heavy atom. The summed E-state index contributed by atoms with van der Waals surface area (Å²) in [6.07, 6.45) is 4.06. The third-order valence-electron chi connectivity index (χ3n) is 4.93. The van der Waals surface area contributed by atoms with E-state index in [1.807, 2.05) is 0 Å². The number of anilines is 1. The quantitative estimate of drug-likeness (QED) is 0.812. The lowest BCUT2D eigenvalue weighted by Crippen LogP contribution is -2.32. The number of nitrogens with one attached hydrogen (secondary N) is 1. The molecule has 0 atom stereocenters. The number of carbonyl (C=O) groups is 1. The van der Waals surface area contributed by atoms with E-state index >= 15 is 0 Å². The predicted molar refractivity (Wildman–Crippen MR) is 107 cm³/mol. The molecule has 7 nitrogen and oxygen atoms in total. The Labute approximate surface area is 165 Å². The van der Waals surface area contributed by atoms with Gasteiger partial charge in [-0.2, -0.15) is 8.42 Å². The van der Waals surface area contributed by atoms with Crippen LogP contribution in [-0.4, -0.2) is 24.3 Å². The molecule has 28 heavy (non-hydrogen) atoms. The summed E-state index contributed by atoms with van der Waals surface area (Å²) in [5, 5.41) is -0.289. The third-order valence-corrected chi connectivity index (χ3v) is 6.16. The van der Waals surface area contributed by atoms with Gasteiger partial charge in [-0.25, -0.2) is 9.71 Å². The lowest BCUT2D eigenvalue weighted by molar-refractivity contribution is 0.0979. The van der Waals surface area contributed by atoms with Gasteiger partial charge >= 0.3 is 0 Å². The molecule has 3 N–H and O–H groups in total. The van der Waals surface area contributed by atoms with E-state index in [1.165, 1.54) is 18.2 Å². The van der Waals surface area contributed by atoms with E-state index in [4.69, 9.17) is 10.7 Å². The van der Waals surface area contributed by atoms with Crippen LogP contribution in [0.4, 0.5) is 5.82 Å². The molecule has 1 aliphatic rings. The van der Waals surface area contributed by atoms with E-state index in [0.29, 0.717) is 11.3 Å². The van der Waals surface area contributed by atoms with Crippen molar-refractivity contribution >= 4 is 21.7 Å².